The molecule has 0 saturated heterocycles. The standard InChI is InChI=1S/C18H14ClN5OS/c1-11(17(25)21-15-5-3-2-4-13(15)10-20)26-18-22-16(23-24-18)12-6-8-14(19)9-7-12/h2-9,11H,1H3,(H,21,25)(H,22,23,24)/t11-/m1/s1. The van der Waals surface area contributed by atoms with Crippen molar-refractivity contribution in [3.05, 3.63) is 59.1 Å². The van der Waals surface area contributed by atoms with E-state index in [1.807, 2.05) is 12.1 Å². The smallest absolute Gasteiger partial charge is 0.237 e. The second-order valence-corrected chi connectivity index (χ2v) is 7.12. The van der Waals surface area contributed by atoms with Crippen LogP contribution in [0.5, 0.6) is 0 Å². The molecule has 0 radical (unpaired) electrons. The van der Waals surface area contributed by atoms with Gasteiger partial charge in [-0.15, -0.1) is 5.10 Å². The van der Waals surface area contributed by atoms with Crippen LogP contribution >= 0.6 is 23.4 Å². The lowest BCUT2D eigenvalue weighted by molar-refractivity contribution is -0.115. The normalized spacial score (nSPS) is 11.6. The molecule has 2 aromatic carbocycles. The molecule has 0 spiro atoms. The van der Waals surface area contributed by atoms with Gasteiger partial charge >= 0.3 is 0 Å². The van der Waals surface area contributed by atoms with Gasteiger partial charge < -0.3 is 5.32 Å². The highest BCUT2D eigenvalue weighted by Crippen LogP contribution is 2.24. The predicted octanol–water partition coefficient (Wildman–Crippen LogP) is 4.12. The Morgan fingerprint density at radius 3 is 2.73 bits per heavy atom. The third kappa shape index (κ3) is 4.23. The number of aromatic nitrogens is 3. The summed E-state index contributed by atoms with van der Waals surface area (Å²) in [6, 6.07) is 16.1. The van der Waals surface area contributed by atoms with Gasteiger partial charge in [-0.05, 0) is 43.3 Å². The maximum atomic E-state index is 12.4. The molecule has 0 aliphatic carbocycles. The molecule has 8 heteroatoms. The van der Waals surface area contributed by atoms with Gasteiger partial charge in [-0.3, -0.25) is 9.89 Å². The van der Waals surface area contributed by atoms with Crippen molar-refractivity contribution in [1.29, 1.82) is 5.26 Å². The van der Waals surface area contributed by atoms with E-state index in [2.05, 4.69) is 26.6 Å². The van der Waals surface area contributed by atoms with E-state index in [1.54, 1.807) is 43.3 Å². The number of benzene rings is 2. The number of rotatable bonds is 5. The molecule has 1 atom stereocenters. The molecule has 0 aliphatic rings. The summed E-state index contributed by atoms with van der Waals surface area (Å²) in [6.07, 6.45) is 0. The molecule has 3 rings (SSSR count). The van der Waals surface area contributed by atoms with E-state index in [1.165, 1.54) is 11.8 Å². The maximum Gasteiger partial charge on any atom is 0.237 e. The highest BCUT2D eigenvalue weighted by atomic mass is 35.5. The quantitative estimate of drug-likeness (QED) is 0.646. The molecule has 6 nitrogen and oxygen atoms in total. The van der Waals surface area contributed by atoms with Crippen LogP contribution < -0.4 is 5.32 Å². The van der Waals surface area contributed by atoms with Crippen molar-refractivity contribution in [2.24, 2.45) is 0 Å². The number of hydrogen-bond acceptors (Lipinski definition) is 5. The molecular formula is C18H14ClN5OS. The zero-order valence-electron chi connectivity index (χ0n) is 13.7. The second-order valence-electron chi connectivity index (χ2n) is 5.38. The van der Waals surface area contributed by atoms with Gasteiger partial charge in [0.1, 0.15) is 6.07 Å². The molecule has 0 saturated carbocycles. The summed E-state index contributed by atoms with van der Waals surface area (Å²) >= 11 is 7.11. The van der Waals surface area contributed by atoms with Crippen molar-refractivity contribution >= 4 is 35.0 Å². The average molecular weight is 384 g/mol. The van der Waals surface area contributed by atoms with E-state index in [9.17, 15) is 4.79 Å². The van der Waals surface area contributed by atoms with Gasteiger partial charge in [0.25, 0.3) is 0 Å². The Labute approximate surface area is 159 Å². The molecule has 0 unspecified atom stereocenters. The van der Waals surface area contributed by atoms with E-state index in [4.69, 9.17) is 16.9 Å². The minimum Gasteiger partial charge on any atom is -0.324 e. The summed E-state index contributed by atoms with van der Waals surface area (Å²) in [5.74, 6) is 0.377. The average Bonchev–Trinajstić information content (AvgIpc) is 3.11. The first-order chi connectivity index (χ1) is 12.6. The van der Waals surface area contributed by atoms with Gasteiger partial charge in [-0.25, -0.2) is 4.98 Å². The number of amides is 1. The van der Waals surface area contributed by atoms with Crippen LogP contribution in [0.25, 0.3) is 11.4 Å². The Morgan fingerprint density at radius 1 is 1.27 bits per heavy atom. The van der Waals surface area contributed by atoms with Crippen LogP contribution in [-0.2, 0) is 4.79 Å². The van der Waals surface area contributed by atoms with Gasteiger partial charge in [0.2, 0.25) is 11.1 Å². The molecule has 3 aromatic rings. The molecular weight excluding hydrogens is 370 g/mol. The molecule has 130 valence electrons. The summed E-state index contributed by atoms with van der Waals surface area (Å²) in [4.78, 5) is 16.8. The third-order valence-corrected chi connectivity index (χ3v) is 4.75. The van der Waals surface area contributed by atoms with Crippen molar-refractivity contribution in [3.8, 4) is 17.5 Å². The van der Waals surface area contributed by atoms with Gasteiger partial charge in [0.05, 0.1) is 16.5 Å². The Hall–Kier alpha value is -2.82. The molecule has 0 aliphatic heterocycles. The van der Waals surface area contributed by atoms with E-state index in [0.717, 1.165) is 5.56 Å². The number of anilines is 1. The molecule has 2 N–H and O–H groups in total. The number of thioether (sulfide) groups is 1. The Balaban J connectivity index is 1.66. The number of carbonyl (C=O) groups is 1. The number of aromatic amines is 1. The summed E-state index contributed by atoms with van der Waals surface area (Å²) < 4.78 is 0. The fourth-order valence-electron chi connectivity index (χ4n) is 2.17. The van der Waals surface area contributed by atoms with Crippen LogP contribution in [0, 0.1) is 11.3 Å². The molecule has 1 aromatic heterocycles. The van der Waals surface area contributed by atoms with Crippen molar-refractivity contribution in [3.63, 3.8) is 0 Å². The molecule has 26 heavy (non-hydrogen) atoms. The van der Waals surface area contributed by atoms with Gasteiger partial charge in [-0.2, -0.15) is 5.26 Å². The summed E-state index contributed by atoms with van der Waals surface area (Å²) in [7, 11) is 0. The van der Waals surface area contributed by atoms with Gasteiger partial charge in [0, 0.05) is 10.6 Å². The second kappa shape index (κ2) is 8.04. The van der Waals surface area contributed by atoms with E-state index < -0.39 is 5.25 Å². The first kappa shape index (κ1) is 18.0. The lowest BCUT2D eigenvalue weighted by Gasteiger charge is -2.11. The molecule has 0 bridgehead atoms. The lowest BCUT2D eigenvalue weighted by Crippen LogP contribution is -2.23. The first-order valence-corrected chi connectivity index (χ1v) is 8.97. The number of carbonyl (C=O) groups excluding carboxylic acids is 1. The number of nitrogens with zero attached hydrogens (tertiary/aromatic N) is 3. The van der Waals surface area contributed by atoms with Crippen LogP contribution in [0.4, 0.5) is 5.69 Å². The van der Waals surface area contributed by atoms with E-state index >= 15 is 0 Å². The van der Waals surface area contributed by atoms with Crippen molar-refractivity contribution < 1.29 is 4.79 Å². The summed E-state index contributed by atoms with van der Waals surface area (Å²) in [5.41, 5.74) is 1.76. The molecule has 1 amide bonds. The monoisotopic (exact) mass is 383 g/mol. The predicted molar refractivity (Wildman–Crippen MR) is 102 cm³/mol. The summed E-state index contributed by atoms with van der Waals surface area (Å²) in [6.45, 7) is 1.76. The van der Waals surface area contributed by atoms with Crippen LogP contribution in [0.1, 0.15) is 12.5 Å². The van der Waals surface area contributed by atoms with Crippen LogP contribution in [0.2, 0.25) is 5.02 Å². The number of H-pyrrole nitrogens is 1. The van der Waals surface area contributed by atoms with Crippen molar-refractivity contribution in [2.45, 2.75) is 17.3 Å². The van der Waals surface area contributed by atoms with Gasteiger partial charge in [-0.1, -0.05) is 35.5 Å². The molecule has 1 heterocycles. The Bertz CT molecular complexity index is 964. The highest BCUT2D eigenvalue weighted by Gasteiger charge is 2.18. The first-order valence-electron chi connectivity index (χ1n) is 7.72. The number of halogens is 1. The topological polar surface area (TPSA) is 94.5 Å². The fraction of sp³-hybridized carbons (Fsp3) is 0.111. The number of hydrogen-bond donors (Lipinski definition) is 2. The Morgan fingerprint density at radius 2 is 2.00 bits per heavy atom. The van der Waals surface area contributed by atoms with Gasteiger partial charge in [0.15, 0.2) is 5.82 Å². The lowest BCUT2D eigenvalue weighted by atomic mass is 10.2. The van der Waals surface area contributed by atoms with Crippen molar-refractivity contribution in [1.82, 2.24) is 15.2 Å². The zero-order chi connectivity index (χ0) is 18.5. The van der Waals surface area contributed by atoms with Crippen molar-refractivity contribution in [2.75, 3.05) is 5.32 Å². The minimum absolute atomic E-state index is 0.226. The van der Waals surface area contributed by atoms with Crippen LogP contribution in [-0.4, -0.2) is 26.3 Å². The third-order valence-electron chi connectivity index (χ3n) is 3.54. The Kier molecular flexibility index (Phi) is 5.56. The van der Waals surface area contributed by atoms with Crippen LogP contribution in [0.15, 0.2) is 53.7 Å². The minimum atomic E-state index is -0.435. The number of para-hydroxylation sites is 1. The fourth-order valence-corrected chi connectivity index (χ4v) is 3.02. The van der Waals surface area contributed by atoms with E-state index in [-0.39, 0.29) is 5.91 Å². The largest absolute Gasteiger partial charge is 0.324 e. The van der Waals surface area contributed by atoms with E-state index in [0.29, 0.717) is 27.3 Å². The van der Waals surface area contributed by atoms with Crippen LogP contribution in [0.3, 0.4) is 0 Å². The highest BCUT2D eigenvalue weighted by molar-refractivity contribution is 8.00. The molecule has 0 fully saturated rings. The summed E-state index contributed by atoms with van der Waals surface area (Å²) in [5, 5.41) is 19.5. The number of nitriles is 1. The zero-order valence-corrected chi connectivity index (χ0v) is 15.3. The SMILES string of the molecule is C[C@@H](Sc1n[nH]c(-c2ccc(Cl)cc2)n1)C(=O)Nc1ccccc1C#N. The number of nitrogens with one attached hydrogen (secondary N) is 2. The maximum absolute atomic E-state index is 12.4.